The molecule has 3 unspecified atom stereocenters. The molecule has 0 saturated carbocycles. The number of hydrogen-bond acceptors (Lipinski definition) is 5. The van der Waals surface area contributed by atoms with Crippen LogP contribution in [-0.4, -0.2) is 46.9 Å². The first-order valence-corrected chi connectivity index (χ1v) is 26.2. The summed E-state index contributed by atoms with van der Waals surface area (Å²) in [7, 11) is 0. The van der Waals surface area contributed by atoms with Crippen molar-refractivity contribution in [3.63, 3.8) is 0 Å². The first kappa shape index (κ1) is 59.3. The normalized spacial score (nSPS) is 13.8. The van der Waals surface area contributed by atoms with E-state index in [2.05, 4.69) is 62.5 Å². The Labute approximate surface area is 383 Å². The first-order valence-electron chi connectivity index (χ1n) is 26.2. The number of carbonyl (C=O) groups excluding carboxylic acids is 2. The summed E-state index contributed by atoms with van der Waals surface area (Å²) in [6.45, 7) is 6.37. The van der Waals surface area contributed by atoms with Gasteiger partial charge in [-0.05, 0) is 70.6 Å². The molecule has 0 bridgehead atoms. The molecule has 1 amide bonds. The zero-order valence-electron chi connectivity index (χ0n) is 40.7. The highest BCUT2D eigenvalue weighted by Crippen LogP contribution is 2.17. The molecule has 0 aliphatic carbocycles. The van der Waals surface area contributed by atoms with E-state index in [0.717, 1.165) is 70.6 Å². The van der Waals surface area contributed by atoms with Crippen LogP contribution in [0.25, 0.3) is 0 Å². The molecule has 3 N–H and O–H groups in total. The zero-order chi connectivity index (χ0) is 45.2. The maximum Gasteiger partial charge on any atom is 0.306 e. The molecule has 0 heterocycles. The number of carbonyl (C=O) groups is 2. The molecule has 0 radical (unpaired) electrons. The Hall–Kier alpha value is -2.70. The second kappa shape index (κ2) is 49.3. The van der Waals surface area contributed by atoms with Crippen molar-refractivity contribution in [1.82, 2.24) is 5.32 Å². The van der Waals surface area contributed by atoms with Gasteiger partial charge >= 0.3 is 5.97 Å². The van der Waals surface area contributed by atoms with Crippen LogP contribution in [-0.2, 0) is 14.3 Å². The van der Waals surface area contributed by atoms with E-state index in [1.807, 2.05) is 36.5 Å². The van der Waals surface area contributed by atoms with Crippen LogP contribution >= 0.6 is 0 Å². The Balaban J connectivity index is 4.70. The van der Waals surface area contributed by atoms with Gasteiger partial charge in [0.15, 0.2) is 0 Å². The lowest BCUT2D eigenvalue weighted by Gasteiger charge is -2.24. The van der Waals surface area contributed by atoms with Gasteiger partial charge in [0.25, 0.3) is 0 Å². The molecule has 6 heteroatoms. The zero-order valence-corrected chi connectivity index (χ0v) is 40.7. The Kier molecular flexibility index (Phi) is 47.2. The number of allylic oxidation sites excluding steroid dienone is 12. The summed E-state index contributed by atoms with van der Waals surface area (Å²) in [6.07, 6.45) is 62.4. The van der Waals surface area contributed by atoms with E-state index in [-0.39, 0.29) is 24.9 Å². The SMILES string of the molecule is CCC/C=C/C=C/C=C/C=C/C=C/CCCCCC(CC(=O)NC(CO)C(O)CCCCCCCCCCCCCC)OC(=O)CCCCCCCCC/C=C\CCCCCC. The molecule has 62 heavy (non-hydrogen) atoms. The lowest BCUT2D eigenvalue weighted by molar-refractivity contribution is -0.151. The average molecular weight is 866 g/mol. The molecular formula is C56H99NO5. The van der Waals surface area contributed by atoms with Gasteiger partial charge in [0.2, 0.25) is 5.91 Å². The summed E-state index contributed by atoms with van der Waals surface area (Å²) in [5.74, 6) is -0.521. The Morgan fingerprint density at radius 3 is 1.39 bits per heavy atom. The van der Waals surface area contributed by atoms with Crippen LogP contribution in [0.2, 0.25) is 0 Å². The fourth-order valence-corrected chi connectivity index (χ4v) is 7.63. The summed E-state index contributed by atoms with van der Waals surface area (Å²) in [4.78, 5) is 26.2. The number of rotatable bonds is 46. The molecule has 0 aromatic carbocycles. The lowest BCUT2D eigenvalue weighted by atomic mass is 10.0. The molecule has 0 fully saturated rings. The highest BCUT2D eigenvalue weighted by Gasteiger charge is 2.24. The van der Waals surface area contributed by atoms with Gasteiger partial charge in [-0.1, -0.05) is 235 Å². The molecule has 0 rings (SSSR count). The quantitative estimate of drug-likeness (QED) is 0.0245. The molecule has 0 aromatic rings. The van der Waals surface area contributed by atoms with Crippen molar-refractivity contribution in [1.29, 1.82) is 0 Å². The van der Waals surface area contributed by atoms with Crippen LogP contribution in [0, 0.1) is 0 Å². The van der Waals surface area contributed by atoms with E-state index in [4.69, 9.17) is 4.74 Å². The van der Waals surface area contributed by atoms with Crippen LogP contribution in [0.3, 0.4) is 0 Å². The fourth-order valence-electron chi connectivity index (χ4n) is 7.63. The molecule has 358 valence electrons. The summed E-state index contributed by atoms with van der Waals surface area (Å²) in [6, 6.07) is -0.719. The van der Waals surface area contributed by atoms with E-state index >= 15 is 0 Å². The van der Waals surface area contributed by atoms with E-state index in [9.17, 15) is 19.8 Å². The number of ether oxygens (including phenoxy) is 1. The van der Waals surface area contributed by atoms with Crippen molar-refractivity contribution in [2.75, 3.05) is 6.61 Å². The average Bonchev–Trinajstić information content (AvgIpc) is 3.26. The maximum atomic E-state index is 13.2. The maximum absolute atomic E-state index is 13.2. The van der Waals surface area contributed by atoms with Crippen LogP contribution in [0.15, 0.2) is 72.9 Å². The molecule has 0 aromatic heterocycles. The van der Waals surface area contributed by atoms with Gasteiger partial charge in [0.05, 0.1) is 25.2 Å². The summed E-state index contributed by atoms with van der Waals surface area (Å²) in [5.41, 5.74) is 0. The summed E-state index contributed by atoms with van der Waals surface area (Å²) >= 11 is 0. The number of aliphatic hydroxyl groups is 2. The highest BCUT2D eigenvalue weighted by atomic mass is 16.5. The lowest BCUT2D eigenvalue weighted by Crippen LogP contribution is -2.46. The van der Waals surface area contributed by atoms with Gasteiger partial charge in [0, 0.05) is 6.42 Å². The smallest absolute Gasteiger partial charge is 0.306 e. The Bertz CT molecular complexity index is 1150. The highest BCUT2D eigenvalue weighted by molar-refractivity contribution is 5.77. The van der Waals surface area contributed by atoms with Crippen LogP contribution in [0.1, 0.15) is 245 Å². The second-order valence-electron chi connectivity index (χ2n) is 17.7. The third-order valence-corrected chi connectivity index (χ3v) is 11.6. The van der Waals surface area contributed by atoms with Gasteiger partial charge < -0.3 is 20.3 Å². The van der Waals surface area contributed by atoms with Gasteiger partial charge in [-0.25, -0.2) is 0 Å². The van der Waals surface area contributed by atoms with Crippen LogP contribution < -0.4 is 5.32 Å². The molecular weight excluding hydrogens is 767 g/mol. The van der Waals surface area contributed by atoms with Gasteiger partial charge in [0.1, 0.15) is 6.10 Å². The second-order valence-corrected chi connectivity index (χ2v) is 17.7. The minimum atomic E-state index is -0.802. The molecule has 6 nitrogen and oxygen atoms in total. The van der Waals surface area contributed by atoms with Crippen molar-refractivity contribution in [3.05, 3.63) is 72.9 Å². The van der Waals surface area contributed by atoms with E-state index < -0.39 is 18.2 Å². The van der Waals surface area contributed by atoms with Gasteiger partial charge in [-0.2, -0.15) is 0 Å². The molecule has 0 aliphatic rings. The van der Waals surface area contributed by atoms with E-state index in [1.54, 1.807) is 0 Å². The molecule has 0 spiro atoms. The third kappa shape index (κ3) is 43.9. The van der Waals surface area contributed by atoms with Gasteiger partial charge in [-0.15, -0.1) is 0 Å². The van der Waals surface area contributed by atoms with Crippen molar-refractivity contribution in [2.24, 2.45) is 0 Å². The number of unbranched alkanes of at least 4 members (excludes halogenated alkanes) is 26. The molecule has 0 saturated heterocycles. The minimum Gasteiger partial charge on any atom is -0.462 e. The molecule has 3 atom stereocenters. The van der Waals surface area contributed by atoms with Crippen molar-refractivity contribution < 1.29 is 24.5 Å². The van der Waals surface area contributed by atoms with Crippen molar-refractivity contribution >= 4 is 11.9 Å². The predicted octanol–water partition coefficient (Wildman–Crippen LogP) is 15.8. The number of amides is 1. The van der Waals surface area contributed by atoms with Crippen molar-refractivity contribution in [3.8, 4) is 0 Å². The number of esters is 1. The van der Waals surface area contributed by atoms with Crippen molar-refractivity contribution in [2.45, 2.75) is 264 Å². The monoisotopic (exact) mass is 866 g/mol. The van der Waals surface area contributed by atoms with E-state index in [0.29, 0.717) is 19.3 Å². The molecule has 0 aliphatic heterocycles. The summed E-state index contributed by atoms with van der Waals surface area (Å²) in [5, 5.41) is 23.8. The number of hydrogen-bond donors (Lipinski definition) is 3. The van der Waals surface area contributed by atoms with Gasteiger partial charge in [-0.3, -0.25) is 9.59 Å². The Morgan fingerprint density at radius 2 is 0.871 bits per heavy atom. The fraction of sp³-hybridized carbons (Fsp3) is 0.750. The predicted molar refractivity (Wildman–Crippen MR) is 268 cm³/mol. The van der Waals surface area contributed by atoms with E-state index in [1.165, 1.54) is 128 Å². The number of aliphatic hydroxyl groups excluding tert-OH is 2. The standard InChI is InChI=1S/C56H99NO5/c1-4-7-10-13-16-19-22-25-27-29-30-32-35-38-41-44-47-52(62-56(61)49-46-43-40-37-34-31-28-26-23-20-17-14-11-8-5-2)50-55(60)57-53(51-58)54(59)48-45-42-39-36-33-24-21-18-15-12-9-6-3/h10,13,16,19-20,22-23,25,27,29-30,32,52-54,58-59H,4-9,11-12,14-15,17-18,21,24,26,28,31,33-51H2,1-3H3,(H,57,60)/b13-10+,19-16+,23-20-,25-22+,29-27+,32-30+. The minimum absolute atomic E-state index is 0.0457. The largest absolute Gasteiger partial charge is 0.462 e. The van der Waals surface area contributed by atoms with Crippen LogP contribution in [0.4, 0.5) is 0 Å². The topological polar surface area (TPSA) is 95.9 Å². The van der Waals surface area contributed by atoms with Crippen LogP contribution in [0.5, 0.6) is 0 Å². The first-order chi connectivity index (χ1) is 30.5. The Morgan fingerprint density at radius 1 is 0.468 bits per heavy atom. The summed E-state index contributed by atoms with van der Waals surface area (Å²) < 4.78 is 5.92. The third-order valence-electron chi connectivity index (χ3n) is 11.6. The number of nitrogens with one attached hydrogen (secondary N) is 1.